The average molecular weight is 660 g/mol. The minimum atomic E-state index is -0.440. The van der Waals surface area contributed by atoms with E-state index in [9.17, 15) is 9.59 Å². The highest BCUT2D eigenvalue weighted by Crippen LogP contribution is 2.34. The SMILES string of the molecule is CN(C)C/C=C/C(=O)Nc1ccc(C(=O)N[C@@]2(C)CCC[C@@H](Nc3ncc(Cl)c(-c4c[nH]c5ccccc45)n3)C2)nc1.Cl.Cl. The molecule has 1 aromatic carbocycles. The number of likely N-dealkylation sites (N-methyl/N-ethyl adjacent to an activating group) is 1. The lowest BCUT2D eigenvalue weighted by molar-refractivity contribution is -0.111. The Labute approximate surface area is 274 Å². The Balaban J connectivity index is 0.00000264. The number of anilines is 2. The van der Waals surface area contributed by atoms with E-state index in [-0.39, 0.29) is 48.4 Å². The number of rotatable bonds is 9. The third kappa shape index (κ3) is 8.69. The molecule has 1 aliphatic rings. The second-order valence-electron chi connectivity index (χ2n) is 11.2. The molecule has 2 amide bonds. The van der Waals surface area contributed by atoms with Crippen LogP contribution in [0.15, 0.2) is 67.1 Å². The second-order valence-corrected chi connectivity index (χ2v) is 11.6. The molecule has 2 atom stereocenters. The molecule has 3 heterocycles. The van der Waals surface area contributed by atoms with E-state index < -0.39 is 5.54 Å². The number of hydrogen-bond donors (Lipinski definition) is 4. The lowest BCUT2D eigenvalue weighted by Crippen LogP contribution is -2.51. The summed E-state index contributed by atoms with van der Waals surface area (Å²) < 4.78 is 0. The maximum absolute atomic E-state index is 13.1. The lowest BCUT2D eigenvalue weighted by Gasteiger charge is -2.39. The number of benzene rings is 1. The van der Waals surface area contributed by atoms with Crippen LogP contribution in [-0.4, -0.2) is 68.9 Å². The van der Waals surface area contributed by atoms with Gasteiger partial charge in [0.25, 0.3) is 5.91 Å². The van der Waals surface area contributed by atoms with E-state index in [1.165, 1.54) is 12.3 Å². The molecule has 4 N–H and O–H groups in total. The van der Waals surface area contributed by atoms with E-state index in [1.807, 2.05) is 56.4 Å². The number of hydrogen-bond acceptors (Lipinski definition) is 7. The maximum atomic E-state index is 13.1. The molecule has 1 fully saturated rings. The summed E-state index contributed by atoms with van der Waals surface area (Å²) in [7, 11) is 3.85. The van der Waals surface area contributed by atoms with Crippen LogP contribution in [-0.2, 0) is 4.79 Å². The first-order chi connectivity index (χ1) is 20.2. The van der Waals surface area contributed by atoms with Crippen LogP contribution in [0.2, 0.25) is 5.02 Å². The van der Waals surface area contributed by atoms with Crippen molar-refractivity contribution in [3.8, 4) is 11.3 Å². The van der Waals surface area contributed by atoms with Gasteiger partial charge in [-0.2, -0.15) is 0 Å². The monoisotopic (exact) mass is 658 g/mol. The van der Waals surface area contributed by atoms with Crippen LogP contribution < -0.4 is 16.0 Å². The lowest BCUT2D eigenvalue weighted by atomic mass is 9.80. The summed E-state index contributed by atoms with van der Waals surface area (Å²) in [5.74, 6) is -0.00950. The number of amides is 2. The first-order valence-corrected chi connectivity index (χ1v) is 14.3. The van der Waals surface area contributed by atoms with Crippen LogP contribution in [0, 0.1) is 0 Å². The van der Waals surface area contributed by atoms with Crippen molar-refractivity contribution < 1.29 is 9.59 Å². The molecule has 1 saturated carbocycles. The predicted molar refractivity (Wildman–Crippen MR) is 181 cm³/mol. The standard InChI is InChI=1S/C31H35ClN8O2.2ClH/c1-31(39-29(42)26-13-12-21(17-33-26)36-27(41)11-7-15-40(2)3)14-6-8-20(16-31)37-30-35-19-24(32)28(38-30)23-18-34-25-10-5-4-9-22(23)25;;/h4-5,7,9-13,17-20,34H,6,8,14-16H2,1-3H3,(H,36,41)(H,39,42)(H,35,37,38);2*1H/b11-7+;;/t20-,31+;;/m1../s1. The molecule has 0 aliphatic heterocycles. The number of para-hydroxylation sites is 1. The van der Waals surface area contributed by atoms with Gasteiger partial charge in [-0.3, -0.25) is 9.59 Å². The number of halogens is 3. The van der Waals surface area contributed by atoms with Gasteiger partial charge >= 0.3 is 0 Å². The van der Waals surface area contributed by atoms with Crippen LogP contribution in [0.3, 0.4) is 0 Å². The number of nitrogens with one attached hydrogen (secondary N) is 4. The zero-order chi connectivity index (χ0) is 29.7. The Morgan fingerprint density at radius 1 is 1.14 bits per heavy atom. The second kappa shape index (κ2) is 15.3. The summed E-state index contributed by atoms with van der Waals surface area (Å²) >= 11 is 6.51. The van der Waals surface area contributed by atoms with Gasteiger partial charge < -0.3 is 25.8 Å². The predicted octanol–water partition coefficient (Wildman–Crippen LogP) is 6.12. The van der Waals surface area contributed by atoms with Gasteiger partial charge in [0.2, 0.25) is 11.9 Å². The quantitative estimate of drug-likeness (QED) is 0.160. The number of nitrogens with zero attached hydrogens (tertiary/aromatic N) is 4. The van der Waals surface area contributed by atoms with Crippen molar-refractivity contribution in [3.63, 3.8) is 0 Å². The summed E-state index contributed by atoms with van der Waals surface area (Å²) in [4.78, 5) is 43.9. The number of fused-ring (bicyclic) bond motifs is 1. The van der Waals surface area contributed by atoms with Crippen molar-refractivity contribution in [2.45, 2.75) is 44.2 Å². The number of carbonyl (C=O) groups excluding carboxylic acids is 2. The summed E-state index contributed by atoms with van der Waals surface area (Å²) in [5.41, 5.74) is 2.96. The van der Waals surface area contributed by atoms with Gasteiger partial charge in [-0.1, -0.05) is 35.9 Å². The highest BCUT2D eigenvalue weighted by Gasteiger charge is 2.34. The number of carbonyl (C=O) groups is 2. The largest absolute Gasteiger partial charge is 0.360 e. The number of aromatic nitrogens is 4. The van der Waals surface area contributed by atoms with Gasteiger partial charge in [0.15, 0.2) is 0 Å². The van der Waals surface area contributed by atoms with Crippen molar-refractivity contribution in [1.82, 2.24) is 30.2 Å². The Morgan fingerprint density at radius 2 is 1.93 bits per heavy atom. The van der Waals surface area contributed by atoms with Crippen LogP contribution in [0.1, 0.15) is 43.1 Å². The Hall–Kier alpha value is -3.70. The van der Waals surface area contributed by atoms with Crippen LogP contribution in [0.5, 0.6) is 0 Å². The molecule has 0 unspecified atom stereocenters. The molecule has 0 radical (unpaired) electrons. The molecule has 5 rings (SSSR count). The number of aromatic amines is 1. The third-order valence-electron chi connectivity index (χ3n) is 7.32. The topological polar surface area (TPSA) is 128 Å². The Morgan fingerprint density at radius 3 is 2.68 bits per heavy atom. The summed E-state index contributed by atoms with van der Waals surface area (Å²) in [6.45, 7) is 2.71. The van der Waals surface area contributed by atoms with E-state index >= 15 is 0 Å². The smallest absolute Gasteiger partial charge is 0.270 e. The van der Waals surface area contributed by atoms with Crippen molar-refractivity contribution in [3.05, 3.63) is 77.9 Å². The molecule has 3 aromatic heterocycles. The molecule has 1 aliphatic carbocycles. The molecular formula is C31H37Cl3N8O2. The fourth-order valence-electron chi connectivity index (χ4n) is 5.29. The Kier molecular flexibility index (Phi) is 12.1. The van der Waals surface area contributed by atoms with E-state index in [0.29, 0.717) is 35.3 Å². The molecule has 0 spiro atoms. The molecule has 13 heteroatoms. The summed E-state index contributed by atoms with van der Waals surface area (Å²) in [6, 6.07) is 11.4. The van der Waals surface area contributed by atoms with Crippen molar-refractivity contribution in [2.24, 2.45) is 0 Å². The van der Waals surface area contributed by atoms with Gasteiger partial charge in [0.1, 0.15) is 5.69 Å². The van der Waals surface area contributed by atoms with Gasteiger partial charge in [-0.25, -0.2) is 15.0 Å². The highest BCUT2D eigenvalue weighted by molar-refractivity contribution is 6.33. The average Bonchev–Trinajstić information content (AvgIpc) is 3.38. The van der Waals surface area contributed by atoms with Crippen molar-refractivity contribution in [2.75, 3.05) is 31.3 Å². The Bertz CT molecular complexity index is 1610. The molecule has 44 heavy (non-hydrogen) atoms. The molecule has 234 valence electrons. The minimum Gasteiger partial charge on any atom is -0.360 e. The zero-order valence-electron chi connectivity index (χ0n) is 24.8. The fourth-order valence-corrected chi connectivity index (χ4v) is 5.49. The van der Waals surface area contributed by atoms with Crippen molar-refractivity contribution >= 4 is 70.8 Å². The van der Waals surface area contributed by atoms with E-state index in [1.54, 1.807) is 24.4 Å². The van der Waals surface area contributed by atoms with E-state index in [2.05, 4.69) is 30.9 Å². The van der Waals surface area contributed by atoms with Crippen molar-refractivity contribution in [1.29, 1.82) is 0 Å². The van der Waals surface area contributed by atoms with Gasteiger partial charge in [0, 0.05) is 46.9 Å². The van der Waals surface area contributed by atoms with Gasteiger partial charge in [-0.15, -0.1) is 24.8 Å². The van der Waals surface area contributed by atoms with Crippen LogP contribution in [0.25, 0.3) is 22.2 Å². The maximum Gasteiger partial charge on any atom is 0.270 e. The third-order valence-corrected chi connectivity index (χ3v) is 7.60. The highest BCUT2D eigenvalue weighted by atomic mass is 35.5. The number of pyridine rings is 1. The molecule has 4 aromatic rings. The molecule has 0 bridgehead atoms. The molecule has 0 saturated heterocycles. The molecule has 10 nitrogen and oxygen atoms in total. The number of H-pyrrole nitrogens is 1. The van der Waals surface area contributed by atoms with Gasteiger partial charge in [-0.05, 0) is 64.9 Å². The van der Waals surface area contributed by atoms with Gasteiger partial charge in [0.05, 0.1) is 28.8 Å². The zero-order valence-corrected chi connectivity index (χ0v) is 27.2. The fraction of sp³-hybridized carbons (Fsp3) is 0.323. The normalized spacial score (nSPS) is 18.0. The summed E-state index contributed by atoms with van der Waals surface area (Å²) in [6.07, 6.45) is 11.7. The summed E-state index contributed by atoms with van der Waals surface area (Å²) in [5, 5.41) is 10.9. The van der Waals surface area contributed by atoms with Crippen LogP contribution in [0.4, 0.5) is 11.6 Å². The first kappa shape index (κ1) is 34.8. The van der Waals surface area contributed by atoms with E-state index in [4.69, 9.17) is 16.6 Å². The minimum absolute atomic E-state index is 0. The van der Waals surface area contributed by atoms with Crippen LogP contribution >= 0.6 is 36.4 Å². The first-order valence-electron chi connectivity index (χ1n) is 14.0. The van der Waals surface area contributed by atoms with E-state index in [0.717, 1.165) is 35.7 Å². The molecular weight excluding hydrogens is 623 g/mol.